The molecule has 6 rings (SSSR count). The third-order valence-corrected chi connectivity index (χ3v) is 6.90. The van der Waals surface area contributed by atoms with Crippen LogP contribution in [0.3, 0.4) is 0 Å². The number of halogens is 8. The average Bonchev–Trinajstić information content (AvgIpc) is 3.60. The quantitative estimate of drug-likeness (QED) is 0.544. The van der Waals surface area contributed by atoms with Crippen molar-refractivity contribution in [2.75, 3.05) is 0 Å². The van der Waals surface area contributed by atoms with Gasteiger partial charge in [-0.25, -0.2) is 17.6 Å². The Morgan fingerprint density at radius 1 is 0.778 bits per heavy atom. The van der Waals surface area contributed by atoms with Gasteiger partial charge >= 0.3 is 11.9 Å². The molecule has 0 bridgehead atoms. The minimum atomic E-state index is -3.25. The summed E-state index contributed by atoms with van der Waals surface area (Å²) in [7, 11) is 0. The van der Waals surface area contributed by atoms with Crippen LogP contribution in [-0.2, 0) is 34.5 Å². The van der Waals surface area contributed by atoms with Crippen molar-refractivity contribution in [3.8, 4) is 0 Å². The van der Waals surface area contributed by atoms with Gasteiger partial charge in [0.1, 0.15) is 35.9 Å². The van der Waals surface area contributed by atoms with E-state index in [0.717, 1.165) is 0 Å². The molecule has 0 radical (unpaired) electrons. The van der Waals surface area contributed by atoms with E-state index in [1.165, 1.54) is 0 Å². The highest BCUT2D eigenvalue weighted by molar-refractivity contribution is 5.67. The molecule has 0 saturated heterocycles. The Balaban J connectivity index is 0.000000148. The van der Waals surface area contributed by atoms with Crippen molar-refractivity contribution in [3.63, 3.8) is 0 Å². The van der Waals surface area contributed by atoms with E-state index in [1.807, 2.05) is 0 Å². The molecule has 16 heteroatoms. The molecule has 0 amide bonds. The molecule has 2 aromatic rings. The van der Waals surface area contributed by atoms with Gasteiger partial charge in [-0.1, -0.05) is 0 Å². The Kier molecular flexibility index (Phi) is 5.20. The number of carboxylic acid groups (broad SMARTS) is 2. The third-order valence-electron chi connectivity index (χ3n) is 6.90. The van der Waals surface area contributed by atoms with Crippen molar-refractivity contribution in [1.82, 2.24) is 19.6 Å². The summed E-state index contributed by atoms with van der Waals surface area (Å²) in [5, 5.41) is 23.9. The lowest BCUT2D eigenvalue weighted by molar-refractivity contribution is -0.139. The number of rotatable bonds is 6. The SMILES string of the molecule is O=C(O)Cn1nc(C(F)F)c2c1C(F)(F)[C@@H]1C[C@H]21.O=C(O)Cn1nc(C(F)F)c2c1C(F)(F)[C@H]1C[C@@H]21. The number of carboxylic acids is 2. The third kappa shape index (κ3) is 3.47. The van der Waals surface area contributed by atoms with Crippen molar-refractivity contribution in [2.45, 2.75) is 62.5 Å². The van der Waals surface area contributed by atoms with Gasteiger partial charge in [0, 0.05) is 23.0 Å². The van der Waals surface area contributed by atoms with Crippen LogP contribution < -0.4 is 0 Å². The molecular formula is C20H16F8N4O4. The molecule has 4 atom stereocenters. The van der Waals surface area contributed by atoms with Gasteiger partial charge in [0.05, 0.1) is 0 Å². The molecule has 4 aliphatic rings. The second kappa shape index (κ2) is 7.65. The van der Waals surface area contributed by atoms with E-state index in [-0.39, 0.29) is 24.0 Å². The summed E-state index contributed by atoms with van der Waals surface area (Å²) < 4.78 is 107. The Morgan fingerprint density at radius 2 is 1.11 bits per heavy atom. The number of fused-ring (bicyclic) bond motifs is 6. The molecule has 2 saturated carbocycles. The minimum Gasteiger partial charge on any atom is -0.480 e. The van der Waals surface area contributed by atoms with Gasteiger partial charge in [-0.05, 0) is 24.7 Å². The number of nitrogens with zero attached hydrogens (tertiary/aromatic N) is 4. The van der Waals surface area contributed by atoms with Gasteiger partial charge in [0.15, 0.2) is 0 Å². The fraction of sp³-hybridized carbons (Fsp3) is 0.600. The van der Waals surface area contributed by atoms with Crippen LogP contribution in [0.25, 0.3) is 0 Å². The first-order valence-corrected chi connectivity index (χ1v) is 10.6. The van der Waals surface area contributed by atoms with Crippen LogP contribution >= 0.6 is 0 Å². The van der Waals surface area contributed by atoms with E-state index in [9.17, 15) is 44.7 Å². The lowest BCUT2D eigenvalue weighted by atomic mass is 10.1. The van der Waals surface area contributed by atoms with Gasteiger partial charge in [-0.15, -0.1) is 0 Å². The van der Waals surface area contributed by atoms with Crippen LogP contribution in [0.5, 0.6) is 0 Å². The van der Waals surface area contributed by atoms with Crippen molar-refractivity contribution >= 4 is 11.9 Å². The number of hydrogen-bond donors (Lipinski definition) is 2. The molecule has 2 N–H and O–H groups in total. The predicted octanol–water partition coefficient (Wildman–Crippen LogP) is 4.23. The second-order valence-corrected chi connectivity index (χ2v) is 9.14. The molecule has 2 heterocycles. The van der Waals surface area contributed by atoms with Gasteiger partial charge in [-0.3, -0.25) is 19.0 Å². The summed E-state index contributed by atoms with van der Waals surface area (Å²) >= 11 is 0. The summed E-state index contributed by atoms with van der Waals surface area (Å²) in [5.41, 5.74) is -2.95. The first-order valence-electron chi connectivity index (χ1n) is 10.6. The van der Waals surface area contributed by atoms with E-state index in [0.29, 0.717) is 9.36 Å². The van der Waals surface area contributed by atoms with Crippen LogP contribution in [0.2, 0.25) is 0 Å². The first kappa shape index (κ1) is 24.5. The number of hydrogen-bond acceptors (Lipinski definition) is 4. The second-order valence-electron chi connectivity index (χ2n) is 9.14. The highest BCUT2D eigenvalue weighted by atomic mass is 19.3. The summed E-state index contributed by atoms with van der Waals surface area (Å²) in [5.74, 6) is -12.4. The Morgan fingerprint density at radius 3 is 1.39 bits per heavy atom. The van der Waals surface area contributed by atoms with E-state index in [1.54, 1.807) is 0 Å². The van der Waals surface area contributed by atoms with Gasteiger partial charge in [-0.2, -0.15) is 27.8 Å². The molecule has 0 aromatic carbocycles. The average molecular weight is 528 g/mol. The van der Waals surface area contributed by atoms with E-state index in [4.69, 9.17) is 10.2 Å². The molecule has 8 nitrogen and oxygen atoms in total. The molecule has 0 unspecified atom stereocenters. The number of alkyl halides is 8. The maximum Gasteiger partial charge on any atom is 0.325 e. The highest BCUT2D eigenvalue weighted by Gasteiger charge is 2.68. The van der Waals surface area contributed by atoms with Crippen molar-refractivity contribution in [2.24, 2.45) is 11.8 Å². The minimum absolute atomic E-state index is 0.138. The molecular weight excluding hydrogens is 512 g/mol. The zero-order valence-electron chi connectivity index (χ0n) is 17.8. The molecule has 36 heavy (non-hydrogen) atoms. The van der Waals surface area contributed by atoms with Crippen LogP contribution in [0.4, 0.5) is 35.1 Å². The standard InChI is InChI=1S/2C10H8F4N2O2/c2*11-9(12)7-6-3-1-4(3)10(13,14)8(6)16(15-7)2-5(17)18/h2*3-4,9H,1-2H2,(H,17,18)/t2*3-,4+/m10/s1. The first-order chi connectivity index (χ1) is 16.7. The van der Waals surface area contributed by atoms with Gasteiger partial charge in [0.2, 0.25) is 0 Å². The maximum atomic E-state index is 13.9. The summed E-state index contributed by atoms with van der Waals surface area (Å²) in [6, 6.07) is 0. The normalized spacial score (nSPS) is 27.2. The number of aromatic nitrogens is 4. The Bertz CT molecular complexity index is 1180. The monoisotopic (exact) mass is 528 g/mol. The van der Waals surface area contributed by atoms with Crippen LogP contribution in [0.15, 0.2) is 0 Å². The lowest BCUT2D eigenvalue weighted by Crippen LogP contribution is -2.22. The van der Waals surface area contributed by atoms with E-state index >= 15 is 0 Å². The molecule has 196 valence electrons. The summed E-state index contributed by atoms with van der Waals surface area (Å²) in [4.78, 5) is 21.1. The Hall–Kier alpha value is -3.20. The molecule has 2 aromatic heterocycles. The van der Waals surface area contributed by atoms with Crippen molar-refractivity contribution in [1.29, 1.82) is 0 Å². The topological polar surface area (TPSA) is 110 Å². The molecule has 0 aliphatic heterocycles. The Labute approximate surface area is 195 Å². The van der Waals surface area contributed by atoms with Crippen molar-refractivity contribution < 1.29 is 54.9 Å². The van der Waals surface area contributed by atoms with E-state index in [2.05, 4.69) is 10.2 Å². The smallest absolute Gasteiger partial charge is 0.325 e. The predicted molar refractivity (Wildman–Crippen MR) is 99.1 cm³/mol. The fourth-order valence-electron chi connectivity index (χ4n) is 5.41. The van der Waals surface area contributed by atoms with Crippen LogP contribution in [-0.4, -0.2) is 41.7 Å². The van der Waals surface area contributed by atoms with Gasteiger partial charge in [0.25, 0.3) is 24.7 Å². The van der Waals surface area contributed by atoms with Crippen molar-refractivity contribution in [3.05, 3.63) is 33.9 Å². The zero-order valence-corrected chi connectivity index (χ0v) is 17.8. The number of aliphatic carboxylic acids is 2. The number of carbonyl (C=O) groups is 2. The highest BCUT2D eigenvalue weighted by Crippen LogP contribution is 2.69. The zero-order chi connectivity index (χ0) is 26.5. The molecule has 0 spiro atoms. The van der Waals surface area contributed by atoms with Crippen LogP contribution in [0, 0.1) is 11.8 Å². The largest absolute Gasteiger partial charge is 0.480 e. The summed E-state index contributed by atoms with van der Waals surface area (Å²) in [6.07, 6.45) is -5.61. The lowest BCUT2D eigenvalue weighted by Gasteiger charge is -2.14. The van der Waals surface area contributed by atoms with Gasteiger partial charge < -0.3 is 10.2 Å². The fourth-order valence-corrected chi connectivity index (χ4v) is 5.41. The molecule has 4 aliphatic carbocycles. The molecule has 2 fully saturated rings. The van der Waals surface area contributed by atoms with Crippen LogP contribution in [0.1, 0.15) is 71.4 Å². The maximum absolute atomic E-state index is 13.9. The van der Waals surface area contributed by atoms with E-state index < -0.39 is 96.2 Å². The summed E-state index contributed by atoms with van der Waals surface area (Å²) in [6.45, 7) is -1.66.